The zero-order chi connectivity index (χ0) is 14.7. The van der Waals surface area contributed by atoms with Crippen LogP contribution in [0.4, 0.5) is 0 Å². The molecule has 0 aliphatic rings. The predicted molar refractivity (Wildman–Crippen MR) is 77.3 cm³/mol. The fourth-order valence-corrected chi connectivity index (χ4v) is 2.03. The molecule has 0 amide bonds. The molecule has 114 valence electrons. The molecule has 0 spiro atoms. The van der Waals surface area contributed by atoms with E-state index < -0.39 is 0 Å². The van der Waals surface area contributed by atoms with Crippen LogP contribution in [0.5, 0.6) is 0 Å². The molecule has 0 rings (SSSR count). The van der Waals surface area contributed by atoms with Gasteiger partial charge in [-0.25, -0.2) is 0 Å². The molecule has 5 heteroatoms. The lowest BCUT2D eigenvalue weighted by Gasteiger charge is -2.25. The van der Waals surface area contributed by atoms with Crippen LogP contribution in [0.2, 0.25) is 0 Å². The summed E-state index contributed by atoms with van der Waals surface area (Å²) in [6, 6.07) is -0.296. The number of carbonyl (C=O) groups excluding carboxylic acids is 1. The minimum atomic E-state index is -0.296. The first kappa shape index (κ1) is 18.4. The highest BCUT2D eigenvalue weighted by atomic mass is 16.5. The van der Waals surface area contributed by atoms with Crippen LogP contribution < -0.4 is 5.32 Å². The van der Waals surface area contributed by atoms with E-state index in [4.69, 9.17) is 9.47 Å². The molecule has 0 aromatic heterocycles. The van der Waals surface area contributed by atoms with Crippen LogP contribution in [0, 0.1) is 5.92 Å². The van der Waals surface area contributed by atoms with Gasteiger partial charge in [0.2, 0.25) is 0 Å². The van der Waals surface area contributed by atoms with Crippen LogP contribution in [-0.4, -0.2) is 63.4 Å². The maximum Gasteiger partial charge on any atom is 0.323 e. The van der Waals surface area contributed by atoms with E-state index in [0.29, 0.717) is 13.2 Å². The van der Waals surface area contributed by atoms with Gasteiger partial charge in [-0.15, -0.1) is 0 Å². The zero-order valence-electron chi connectivity index (χ0n) is 13.1. The lowest BCUT2D eigenvalue weighted by atomic mass is 10.0. The summed E-state index contributed by atoms with van der Waals surface area (Å²) >= 11 is 0. The molecule has 0 saturated heterocycles. The third-order valence-electron chi connectivity index (χ3n) is 3.23. The summed E-state index contributed by atoms with van der Waals surface area (Å²) in [6.45, 7) is 12.8. The van der Waals surface area contributed by atoms with Gasteiger partial charge in [0.05, 0.1) is 13.2 Å². The lowest BCUT2D eigenvalue weighted by molar-refractivity contribution is -0.147. The third kappa shape index (κ3) is 7.50. The minimum Gasteiger partial charge on any atom is -0.465 e. The third-order valence-corrected chi connectivity index (χ3v) is 3.23. The summed E-state index contributed by atoms with van der Waals surface area (Å²) in [5.74, 6) is -0.0904. The lowest BCUT2D eigenvalue weighted by Crippen LogP contribution is -2.47. The number of nitrogens with zero attached hydrogens (tertiary/aromatic N) is 1. The Morgan fingerprint density at radius 3 is 2.37 bits per heavy atom. The van der Waals surface area contributed by atoms with Crippen LogP contribution in [0.3, 0.4) is 0 Å². The van der Waals surface area contributed by atoms with Crippen molar-refractivity contribution in [2.45, 2.75) is 33.7 Å². The summed E-state index contributed by atoms with van der Waals surface area (Å²) in [7, 11) is 1.65. The molecule has 0 aromatic carbocycles. The van der Waals surface area contributed by atoms with Gasteiger partial charge in [0, 0.05) is 26.1 Å². The van der Waals surface area contributed by atoms with Gasteiger partial charge in [0.15, 0.2) is 0 Å². The largest absolute Gasteiger partial charge is 0.465 e. The van der Waals surface area contributed by atoms with E-state index in [9.17, 15) is 4.79 Å². The smallest absolute Gasteiger partial charge is 0.323 e. The Morgan fingerprint density at radius 1 is 1.26 bits per heavy atom. The number of carbonyl (C=O) groups is 1. The molecule has 2 unspecified atom stereocenters. The number of hydrogen-bond acceptors (Lipinski definition) is 5. The predicted octanol–water partition coefficient (Wildman–Crippen LogP) is 1.13. The Bertz CT molecular complexity index is 233. The first-order valence-electron chi connectivity index (χ1n) is 7.21. The van der Waals surface area contributed by atoms with Crippen LogP contribution in [0.15, 0.2) is 0 Å². The minimum absolute atomic E-state index is 0.0979. The van der Waals surface area contributed by atoms with Crippen molar-refractivity contribution in [3.63, 3.8) is 0 Å². The van der Waals surface area contributed by atoms with Crippen molar-refractivity contribution in [3.8, 4) is 0 Å². The first-order chi connectivity index (χ1) is 9.10. The molecule has 0 bridgehead atoms. The molecule has 0 aliphatic heterocycles. The molecule has 19 heavy (non-hydrogen) atoms. The van der Waals surface area contributed by atoms with Crippen molar-refractivity contribution in [3.05, 3.63) is 0 Å². The van der Waals surface area contributed by atoms with E-state index in [2.05, 4.69) is 24.1 Å². The van der Waals surface area contributed by atoms with E-state index in [1.54, 1.807) is 7.11 Å². The number of rotatable bonds is 11. The highest BCUT2D eigenvalue weighted by Crippen LogP contribution is 2.06. The van der Waals surface area contributed by atoms with E-state index in [-0.39, 0.29) is 17.9 Å². The number of ether oxygens (including phenoxy) is 2. The normalized spacial score (nSPS) is 14.4. The number of nitrogens with one attached hydrogen (secondary N) is 1. The second-order valence-electron chi connectivity index (χ2n) is 4.64. The molecule has 1 N–H and O–H groups in total. The van der Waals surface area contributed by atoms with Crippen molar-refractivity contribution >= 4 is 5.97 Å². The van der Waals surface area contributed by atoms with E-state index in [1.165, 1.54) is 0 Å². The summed E-state index contributed by atoms with van der Waals surface area (Å²) < 4.78 is 10.2. The average molecular weight is 274 g/mol. The van der Waals surface area contributed by atoms with Gasteiger partial charge >= 0.3 is 5.97 Å². The van der Waals surface area contributed by atoms with Crippen LogP contribution in [0.25, 0.3) is 0 Å². The topological polar surface area (TPSA) is 50.8 Å². The Hall–Kier alpha value is -0.650. The molecular weight excluding hydrogens is 244 g/mol. The molecule has 0 radical (unpaired) electrons. The quantitative estimate of drug-likeness (QED) is 0.572. The molecule has 5 nitrogen and oxygen atoms in total. The maximum atomic E-state index is 11.9. The highest BCUT2D eigenvalue weighted by molar-refractivity contribution is 5.76. The van der Waals surface area contributed by atoms with Crippen molar-refractivity contribution in [2.24, 2.45) is 5.92 Å². The fourth-order valence-electron chi connectivity index (χ4n) is 2.03. The van der Waals surface area contributed by atoms with Crippen LogP contribution in [-0.2, 0) is 14.3 Å². The van der Waals surface area contributed by atoms with Crippen LogP contribution >= 0.6 is 0 Å². The van der Waals surface area contributed by atoms with Crippen molar-refractivity contribution in [1.29, 1.82) is 0 Å². The average Bonchev–Trinajstić information content (AvgIpc) is 2.39. The van der Waals surface area contributed by atoms with Gasteiger partial charge in [0.25, 0.3) is 0 Å². The van der Waals surface area contributed by atoms with E-state index in [0.717, 1.165) is 26.2 Å². The monoisotopic (exact) mass is 274 g/mol. The molecule has 0 fully saturated rings. The Labute approximate surface area is 117 Å². The van der Waals surface area contributed by atoms with Gasteiger partial charge in [-0.05, 0) is 20.0 Å². The SMILES string of the molecule is CCOC(=O)C(NCCN(CC)CC)C(C)COC. The van der Waals surface area contributed by atoms with Gasteiger partial charge in [-0.1, -0.05) is 20.8 Å². The van der Waals surface area contributed by atoms with Crippen molar-refractivity contribution in [2.75, 3.05) is 46.5 Å². The van der Waals surface area contributed by atoms with Gasteiger partial charge in [0.1, 0.15) is 6.04 Å². The summed E-state index contributed by atoms with van der Waals surface area (Å²) in [6.07, 6.45) is 0. The number of esters is 1. The summed E-state index contributed by atoms with van der Waals surface area (Å²) in [5.41, 5.74) is 0. The molecule has 0 heterocycles. The first-order valence-corrected chi connectivity index (χ1v) is 7.21. The zero-order valence-corrected chi connectivity index (χ0v) is 13.1. The highest BCUT2D eigenvalue weighted by Gasteiger charge is 2.25. The second kappa shape index (κ2) is 11.2. The molecule has 0 aliphatic carbocycles. The standard InChI is InChI=1S/C14H30N2O3/c1-6-16(7-2)10-9-15-13(12(4)11-18-5)14(17)19-8-3/h12-13,15H,6-11H2,1-5H3. The Morgan fingerprint density at radius 2 is 1.89 bits per heavy atom. The number of methoxy groups -OCH3 is 1. The van der Waals surface area contributed by atoms with E-state index >= 15 is 0 Å². The fraction of sp³-hybridized carbons (Fsp3) is 0.929. The van der Waals surface area contributed by atoms with Crippen LogP contribution in [0.1, 0.15) is 27.7 Å². The summed E-state index contributed by atoms with van der Waals surface area (Å²) in [4.78, 5) is 14.2. The van der Waals surface area contributed by atoms with Crippen molar-refractivity contribution in [1.82, 2.24) is 10.2 Å². The van der Waals surface area contributed by atoms with E-state index in [1.807, 2.05) is 13.8 Å². The Balaban J connectivity index is 4.29. The number of hydrogen-bond donors (Lipinski definition) is 1. The molecular formula is C14H30N2O3. The number of likely N-dealkylation sites (N-methyl/N-ethyl adjacent to an activating group) is 1. The van der Waals surface area contributed by atoms with Gasteiger partial charge < -0.3 is 19.7 Å². The second-order valence-corrected chi connectivity index (χ2v) is 4.64. The molecule has 2 atom stereocenters. The summed E-state index contributed by atoms with van der Waals surface area (Å²) in [5, 5.41) is 3.29. The Kier molecular flexibility index (Phi) is 10.8. The van der Waals surface area contributed by atoms with Gasteiger partial charge in [-0.2, -0.15) is 0 Å². The van der Waals surface area contributed by atoms with Crippen molar-refractivity contribution < 1.29 is 14.3 Å². The van der Waals surface area contributed by atoms with Gasteiger partial charge in [-0.3, -0.25) is 4.79 Å². The molecule has 0 aromatic rings. The molecule has 0 saturated carbocycles. The maximum absolute atomic E-state index is 11.9.